The van der Waals surface area contributed by atoms with Gasteiger partial charge in [-0.3, -0.25) is 9.89 Å². The molecular formula is C7H13N5O. The zero-order valence-corrected chi connectivity index (χ0v) is 7.50. The number of carbonyl (C=O) groups is 1. The van der Waals surface area contributed by atoms with Gasteiger partial charge in [0.2, 0.25) is 5.91 Å². The predicted octanol–water partition coefficient (Wildman–Crippen LogP) is -1.32. The van der Waals surface area contributed by atoms with Gasteiger partial charge in [0, 0.05) is 13.0 Å². The molecule has 0 radical (unpaired) electrons. The zero-order chi connectivity index (χ0) is 9.52. The van der Waals surface area contributed by atoms with Crippen LogP contribution in [-0.4, -0.2) is 41.2 Å². The topological polar surface area (TPSA) is 82.7 Å². The molecule has 1 aromatic heterocycles. The Hall–Kier alpha value is -1.43. The highest BCUT2D eigenvalue weighted by Crippen LogP contribution is 1.84. The van der Waals surface area contributed by atoms with E-state index in [2.05, 4.69) is 25.8 Å². The highest BCUT2D eigenvalue weighted by molar-refractivity contribution is 5.77. The highest BCUT2D eigenvalue weighted by Gasteiger charge is 1.99. The Bertz CT molecular complexity index is 245. The normalized spacial score (nSPS) is 9.92. The number of likely N-dealkylation sites (N-methyl/N-ethyl adjacent to an activating group) is 1. The van der Waals surface area contributed by atoms with E-state index in [4.69, 9.17) is 0 Å². The second-order valence-corrected chi connectivity index (χ2v) is 2.56. The van der Waals surface area contributed by atoms with Gasteiger partial charge in [-0.1, -0.05) is 0 Å². The molecule has 1 rings (SSSR count). The molecule has 1 amide bonds. The van der Waals surface area contributed by atoms with Gasteiger partial charge in [-0.05, 0) is 7.05 Å². The van der Waals surface area contributed by atoms with Crippen molar-refractivity contribution in [2.24, 2.45) is 0 Å². The number of rotatable bonds is 5. The molecule has 0 aromatic carbocycles. The minimum Gasteiger partial charge on any atom is -0.355 e. The van der Waals surface area contributed by atoms with E-state index in [9.17, 15) is 4.79 Å². The first-order valence-corrected chi connectivity index (χ1v) is 4.08. The summed E-state index contributed by atoms with van der Waals surface area (Å²) in [6.07, 6.45) is 2.13. The van der Waals surface area contributed by atoms with Crippen LogP contribution < -0.4 is 10.6 Å². The number of amides is 1. The molecule has 3 N–H and O–H groups in total. The van der Waals surface area contributed by atoms with Crippen LogP contribution in [0.25, 0.3) is 0 Å². The molecule has 0 spiro atoms. The molecule has 13 heavy (non-hydrogen) atoms. The van der Waals surface area contributed by atoms with Crippen molar-refractivity contribution < 1.29 is 4.79 Å². The maximum absolute atomic E-state index is 11.0. The first kappa shape index (κ1) is 9.66. The number of H-pyrrole nitrogens is 1. The molecule has 6 heteroatoms. The fourth-order valence-corrected chi connectivity index (χ4v) is 0.895. The van der Waals surface area contributed by atoms with Crippen molar-refractivity contribution in [1.29, 1.82) is 0 Å². The Morgan fingerprint density at radius 2 is 2.54 bits per heavy atom. The molecule has 6 nitrogen and oxygen atoms in total. The highest BCUT2D eigenvalue weighted by atomic mass is 16.1. The average molecular weight is 183 g/mol. The SMILES string of the molecule is CNCC(=O)NCCc1ncn[nH]1. The van der Waals surface area contributed by atoms with Crippen LogP contribution in [0.2, 0.25) is 0 Å². The third-order valence-corrected chi connectivity index (χ3v) is 1.49. The Kier molecular flexibility index (Phi) is 3.90. The molecule has 0 saturated carbocycles. The monoisotopic (exact) mass is 183 g/mol. The number of carbonyl (C=O) groups excluding carboxylic acids is 1. The molecule has 0 aliphatic carbocycles. The van der Waals surface area contributed by atoms with Gasteiger partial charge < -0.3 is 10.6 Å². The van der Waals surface area contributed by atoms with Crippen LogP contribution >= 0.6 is 0 Å². The van der Waals surface area contributed by atoms with Crippen LogP contribution in [0.1, 0.15) is 5.82 Å². The van der Waals surface area contributed by atoms with Crippen LogP contribution in [0.4, 0.5) is 0 Å². The van der Waals surface area contributed by atoms with E-state index in [1.54, 1.807) is 7.05 Å². The first-order valence-electron chi connectivity index (χ1n) is 4.08. The number of nitrogens with zero attached hydrogens (tertiary/aromatic N) is 2. The van der Waals surface area contributed by atoms with E-state index in [0.29, 0.717) is 19.5 Å². The van der Waals surface area contributed by atoms with E-state index in [-0.39, 0.29) is 5.91 Å². The molecule has 0 fully saturated rings. The molecule has 0 saturated heterocycles. The summed E-state index contributed by atoms with van der Waals surface area (Å²) in [5.74, 6) is 0.770. The van der Waals surface area contributed by atoms with Crippen molar-refractivity contribution in [3.63, 3.8) is 0 Å². The Morgan fingerprint density at radius 1 is 1.69 bits per heavy atom. The Morgan fingerprint density at radius 3 is 3.15 bits per heavy atom. The van der Waals surface area contributed by atoms with Crippen molar-refractivity contribution in [3.05, 3.63) is 12.2 Å². The van der Waals surface area contributed by atoms with Crippen molar-refractivity contribution in [2.45, 2.75) is 6.42 Å². The smallest absolute Gasteiger partial charge is 0.233 e. The standard InChI is InChI=1S/C7H13N5O/c1-8-4-7(13)9-3-2-6-10-5-11-12-6/h5,8H,2-4H2,1H3,(H,9,13)(H,10,11,12). The third-order valence-electron chi connectivity index (χ3n) is 1.49. The Labute approximate surface area is 76.1 Å². The van der Waals surface area contributed by atoms with Gasteiger partial charge in [-0.2, -0.15) is 5.10 Å². The van der Waals surface area contributed by atoms with Gasteiger partial charge in [0.05, 0.1) is 6.54 Å². The number of aromatic nitrogens is 3. The van der Waals surface area contributed by atoms with Crippen LogP contribution in [0, 0.1) is 0 Å². The summed E-state index contributed by atoms with van der Waals surface area (Å²) in [5.41, 5.74) is 0. The summed E-state index contributed by atoms with van der Waals surface area (Å²) in [4.78, 5) is 14.9. The minimum absolute atomic E-state index is 0.0120. The molecule has 0 unspecified atom stereocenters. The van der Waals surface area contributed by atoms with Gasteiger partial charge in [0.15, 0.2) is 0 Å². The van der Waals surface area contributed by atoms with Gasteiger partial charge in [0.25, 0.3) is 0 Å². The van der Waals surface area contributed by atoms with Crippen molar-refractivity contribution in [3.8, 4) is 0 Å². The molecule has 0 aliphatic heterocycles. The molecule has 0 bridgehead atoms. The number of hydrogen-bond acceptors (Lipinski definition) is 4. The molecule has 0 aliphatic rings. The molecule has 1 aromatic rings. The van der Waals surface area contributed by atoms with Gasteiger partial charge in [0.1, 0.15) is 12.2 Å². The van der Waals surface area contributed by atoms with Crippen LogP contribution in [-0.2, 0) is 11.2 Å². The molecule has 1 heterocycles. The van der Waals surface area contributed by atoms with Gasteiger partial charge >= 0.3 is 0 Å². The lowest BCUT2D eigenvalue weighted by Crippen LogP contribution is -2.33. The lowest BCUT2D eigenvalue weighted by Gasteiger charge is -2.01. The quantitative estimate of drug-likeness (QED) is 0.529. The first-order chi connectivity index (χ1) is 6.33. The summed E-state index contributed by atoms with van der Waals surface area (Å²) >= 11 is 0. The fourth-order valence-electron chi connectivity index (χ4n) is 0.895. The Balaban J connectivity index is 2.11. The predicted molar refractivity (Wildman–Crippen MR) is 47.0 cm³/mol. The summed E-state index contributed by atoms with van der Waals surface area (Å²) in [6.45, 7) is 0.923. The second kappa shape index (κ2) is 5.26. The van der Waals surface area contributed by atoms with E-state index >= 15 is 0 Å². The fraction of sp³-hybridized carbons (Fsp3) is 0.571. The third kappa shape index (κ3) is 3.66. The zero-order valence-electron chi connectivity index (χ0n) is 7.50. The second-order valence-electron chi connectivity index (χ2n) is 2.56. The summed E-state index contributed by atoms with van der Waals surface area (Å²) in [5, 5.41) is 11.9. The van der Waals surface area contributed by atoms with E-state index in [1.807, 2.05) is 0 Å². The number of hydrogen-bond donors (Lipinski definition) is 3. The maximum atomic E-state index is 11.0. The molecular weight excluding hydrogens is 170 g/mol. The van der Waals surface area contributed by atoms with E-state index in [1.165, 1.54) is 6.33 Å². The number of aromatic amines is 1. The van der Waals surface area contributed by atoms with Crippen LogP contribution in [0.5, 0.6) is 0 Å². The largest absolute Gasteiger partial charge is 0.355 e. The average Bonchev–Trinajstić information content (AvgIpc) is 2.57. The molecule has 72 valence electrons. The van der Waals surface area contributed by atoms with Crippen molar-refractivity contribution in [1.82, 2.24) is 25.8 Å². The van der Waals surface area contributed by atoms with E-state index < -0.39 is 0 Å². The van der Waals surface area contributed by atoms with Gasteiger partial charge in [-0.25, -0.2) is 4.98 Å². The lowest BCUT2D eigenvalue weighted by atomic mass is 10.4. The van der Waals surface area contributed by atoms with Crippen molar-refractivity contribution in [2.75, 3.05) is 20.1 Å². The summed E-state index contributed by atoms with van der Waals surface area (Å²) in [6, 6.07) is 0. The van der Waals surface area contributed by atoms with Gasteiger partial charge in [-0.15, -0.1) is 0 Å². The maximum Gasteiger partial charge on any atom is 0.233 e. The summed E-state index contributed by atoms with van der Waals surface area (Å²) in [7, 11) is 1.73. The van der Waals surface area contributed by atoms with Crippen LogP contribution in [0.3, 0.4) is 0 Å². The molecule has 0 atom stereocenters. The van der Waals surface area contributed by atoms with E-state index in [0.717, 1.165) is 5.82 Å². The minimum atomic E-state index is -0.0120. The summed E-state index contributed by atoms with van der Waals surface area (Å²) < 4.78 is 0. The van der Waals surface area contributed by atoms with Crippen molar-refractivity contribution >= 4 is 5.91 Å². The van der Waals surface area contributed by atoms with Crippen LogP contribution in [0.15, 0.2) is 6.33 Å². The lowest BCUT2D eigenvalue weighted by molar-refractivity contribution is -0.120. The number of nitrogens with one attached hydrogen (secondary N) is 3.